The molecule has 18 heavy (non-hydrogen) atoms. The van der Waals surface area contributed by atoms with Crippen LogP contribution in [-0.4, -0.2) is 28.3 Å². The fourth-order valence-corrected chi connectivity index (χ4v) is 1.91. The Morgan fingerprint density at radius 1 is 1.50 bits per heavy atom. The molecule has 0 aliphatic rings. The van der Waals surface area contributed by atoms with Crippen LogP contribution in [0, 0.1) is 0 Å². The smallest absolute Gasteiger partial charge is 0.123 e. The fourth-order valence-electron chi connectivity index (χ4n) is 1.91. The summed E-state index contributed by atoms with van der Waals surface area (Å²) in [5, 5.41) is 0. The van der Waals surface area contributed by atoms with Crippen LogP contribution < -0.4 is 5.73 Å². The summed E-state index contributed by atoms with van der Waals surface area (Å²) in [4.78, 5) is 8.22. The average molecular weight is 246 g/mol. The third-order valence-corrected chi connectivity index (χ3v) is 2.96. The lowest BCUT2D eigenvalue weighted by Gasteiger charge is -2.16. The van der Waals surface area contributed by atoms with Crippen molar-refractivity contribution in [1.29, 1.82) is 0 Å². The second-order valence-electron chi connectivity index (χ2n) is 4.29. The molecule has 2 rings (SSSR count). The maximum Gasteiger partial charge on any atom is 0.123 e. The van der Waals surface area contributed by atoms with Gasteiger partial charge in [0.05, 0.1) is 18.2 Å². The number of nitrogens with zero attached hydrogens (tertiary/aromatic N) is 3. The van der Waals surface area contributed by atoms with Crippen LogP contribution in [0.1, 0.15) is 19.4 Å². The number of pyridine rings is 1. The van der Waals surface area contributed by atoms with Crippen molar-refractivity contribution in [2.24, 2.45) is 0 Å². The average Bonchev–Trinajstić information content (AvgIpc) is 2.85. The van der Waals surface area contributed by atoms with Crippen LogP contribution in [0.3, 0.4) is 0 Å². The molecule has 0 aliphatic carbocycles. The van der Waals surface area contributed by atoms with Crippen LogP contribution in [0.15, 0.2) is 30.9 Å². The molecule has 0 saturated heterocycles. The molecule has 0 aromatic carbocycles. The highest BCUT2D eigenvalue weighted by Gasteiger charge is 2.11. The lowest BCUT2D eigenvalue weighted by Crippen LogP contribution is -2.08. The second kappa shape index (κ2) is 5.64. The van der Waals surface area contributed by atoms with Crippen LogP contribution in [0.4, 0.5) is 5.82 Å². The summed E-state index contributed by atoms with van der Waals surface area (Å²) < 4.78 is 7.24. The second-order valence-corrected chi connectivity index (χ2v) is 4.29. The van der Waals surface area contributed by atoms with E-state index >= 15 is 0 Å². The van der Waals surface area contributed by atoms with E-state index in [1.807, 2.05) is 24.7 Å². The largest absolute Gasteiger partial charge is 0.385 e. The molecule has 5 heteroatoms. The van der Waals surface area contributed by atoms with Crippen molar-refractivity contribution in [3.63, 3.8) is 0 Å². The van der Waals surface area contributed by atoms with Gasteiger partial charge in [-0.15, -0.1) is 0 Å². The van der Waals surface area contributed by atoms with Gasteiger partial charge in [-0.3, -0.25) is 0 Å². The Balaban J connectivity index is 2.27. The summed E-state index contributed by atoms with van der Waals surface area (Å²) in [6.45, 7) is 2.88. The van der Waals surface area contributed by atoms with Crippen molar-refractivity contribution in [1.82, 2.24) is 14.5 Å². The first-order chi connectivity index (χ1) is 8.72. The van der Waals surface area contributed by atoms with E-state index in [4.69, 9.17) is 10.5 Å². The third kappa shape index (κ3) is 2.68. The third-order valence-electron chi connectivity index (χ3n) is 2.96. The molecule has 0 saturated carbocycles. The minimum Gasteiger partial charge on any atom is -0.385 e. The summed E-state index contributed by atoms with van der Waals surface area (Å²) in [6.07, 6.45) is 6.34. The van der Waals surface area contributed by atoms with Crippen LogP contribution >= 0.6 is 0 Å². The first kappa shape index (κ1) is 12.6. The van der Waals surface area contributed by atoms with E-state index in [2.05, 4.69) is 21.5 Å². The van der Waals surface area contributed by atoms with E-state index in [1.165, 1.54) is 0 Å². The number of hydrogen-bond donors (Lipinski definition) is 1. The maximum absolute atomic E-state index is 5.71. The standard InChI is InChI=1S/C13H18N4O/c1-10(4-6-18-2)17-9-15-8-12(17)11-3-5-16-13(14)7-11/h3,5,7-10H,4,6H2,1-2H3,(H2,14,16). The number of nitrogens with two attached hydrogens (primary N) is 1. The number of hydrogen-bond acceptors (Lipinski definition) is 4. The molecule has 0 spiro atoms. The summed E-state index contributed by atoms with van der Waals surface area (Å²) in [5.74, 6) is 0.518. The highest BCUT2D eigenvalue weighted by atomic mass is 16.5. The summed E-state index contributed by atoms with van der Waals surface area (Å²) in [6, 6.07) is 4.13. The van der Waals surface area contributed by atoms with E-state index in [9.17, 15) is 0 Å². The molecule has 2 aromatic rings. The Morgan fingerprint density at radius 3 is 3.06 bits per heavy atom. The van der Waals surface area contributed by atoms with E-state index in [1.54, 1.807) is 13.3 Å². The zero-order valence-corrected chi connectivity index (χ0v) is 10.7. The van der Waals surface area contributed by atoms with Crippen molar-refractivity contribution in [2.75, 3.05) is 19.5 Å². The maximum atomic E-state index is 5.71. The van der Waals surface area contributed by atoms with Gasteiger partial charge in [0.25, 0.3) is 0 Å². The minimum absolute atomic E-state index is 0.330. The van der Waals surface area contributed by atoms with E-state index in [0.717, 1.165) is 24.3 Å². The molecule has 2 heterocycles. The van der Waals surface area contributed by atoms with Gasteiger partial charge in [0.15, 0.2) is 0 Å². The number of ether oxygens (including phenoxy) is 1. The first-order valence-corrected chi connectivity index (χ1v) is 5.95. The molecule has 2 aromatic heterocycles. The number of nitrogen functional groups attached to an aromatic ring is 1. The summed E-state index contributed by atoms with van der Waals surface area (Å²) >= 11 is 0. The van der Waals surface area contributed by atoms with Gasteiger partial charge in [0.2, 0.25) is 0 Å². The Bertz CT molecular complexity index is 509. The van der Waals surface area contributed by atoms with E-state index < -0.39 is 0 Å². The summed E-state index contributed by atoms with van der Waals surface area (Å²) in [5.41, 5.74) is 7.79. The van der Waals surface area contributed by atoms with Crippen molar-refractivity contribution in [3.05, 3.63) is 30.9 Å². The molecule has 0 fully saturated rings. The van der Waals surface area contributed by atoms with Crippen LogP contribution in [0.5, 0.6) is 0 Å². The number of rotatable bonds is 5. The molecule has 0 amide bonds. The van der Waals surface area contributed by atoms with Gasteiger partial charge in [-0.05, 0) is 25.5 Å². The Labute approximate surface area is 107 Å². The van der Waals surface area contributed by atoms with Gasteiger partial charge in [0, 0.05) is 31.5 Å². The highest BCUT2D eigenvalue weighted by molar-refractivity contribution is 5.61. The van der Waals surface area contributed by atoms with Crippen molar-refractivity contribution < 1.29 is 4.74 Å². The monoisotopic (exact) mass is 246 g/mol. The topological polar surface area (TPSA) is 66.0 Å². The zero-order chi connectivity index (χ0) is 13.0. The number of methoxy groups -OCH3 is 1. The van der Waals surface area contributed by atoms with Crippen LogP contribution in [-0.2, 0) is 4.74 Å². The summed E-state index contributed by atoms with van der Waals surface area (Å²) in [7, 11) is 1.71. The molecule has 5 nitrogen and oxygen atoms in total. The number of imidazole rings is 1. The predicted octanol–water partition coefficient (Wildman–Crippen LogP) is 2.12. The van der Waals surface area contributed by atoms with Crippen molar-refractivity contribution in [2.45, 2.75) is 19.4 Å². The first-order valence-electron chi connectivity index (χ1n) is 5.95. The molecular weight excluding hydrogens is 228 g/mol. The number of anilines is 1. The number of aromatic nitrogens is 3. The quantitative estimate of drug-likeness (QED) is 0.877. The lowest BCUT2D eigenvalue weighted by molar-refractivity contribution is 0.181. The Morgan fingerprint density at radius 2 is 2.33 bits per heavy atom. The molecule has 1 unspecified atom stereocenters. The molecular formula is C13H18N4O. The normalized spacial score (nSPS) is 12.6. The van der Waals surface area contributed by atoms with Crippen molar-refractivity contribution in [3.8, 4) is 11.3 Å². The molecule has 96 valence electrons. The van der Waals surface area contributed by atoms with Gasteiger partial charge in [-0.1, -0.05) is 0 Å². The van der Waals surface area contributed by atoms with Gasteiger partial charge in [-0.2, -0.15) is 0 Å². The molecule has 2 N–H and O–H groups in total. The molecule has 0 aliphatic heterocycles. The predicted molar refractivity (Wildman–Crippen MR) is 71.1 cm³/mol. The Kier molecular flexibility index (Phi) is 3.94. The van der Waals surface area contributed by atoms with Crippen LogP contribution in [0.2, 0.25) is 0 Å². The molecule has 0 bridgehead atoms. The van der Waals surface area contributed by atoms with Crippen molar-refractivity contribution >= 4 is 5.82 Å². The lowest BCUT2D eigenvalue weighted by atomic mass is 10.1. The van der Waals surface area contributed by atoms with Gasteiger partial charge < -0.3 is 15.0 Å². The van der Waals surface area contributed by atoms with Gasteiger partial charge in [-0.25, -0.2) is 9.97 Å². The highest BCUT2D eigenvalue weighted by Crippen LogP contribution is 2.24. The molecule has 1 atom stereocenters. The van der Waals surface area contributed by atoms with E-state index in [0.29, 0.717) is 11.9 Å². The molecule has 0 radical (unpaired) electrons. The van der Waals surface area contributed by atoms with Gasteiger partial charge in [0.1, 0.15) is 5.82 Å². The zero-order valence-electron chi connectivity index (χ0n) is 10.7. The SMILES string of the molecule is COCCC(C)n1cncc1-c1ccnc(N)c1. The van der Waals surface area contributed by atoms with E-state index in [-0.39, 0.29) is 0 Å². The van der Waals surface area contributed by atoms with Crippen LogP contribution in [0.25, 0.3) is 11.3 Å². The Hall–Kier alpha value is -1.88. The minimum atomic E-state index is 0.330. The van der Waals surface area contributed by atoms with Gasteiger partial charge >= 0.3 is 0 Å². The fraction of sp³-hybridized carbons (Fsp3) is 0.385.